The van der Waals surface area contributed by atoms with Crippen LogP contribution in [0.5, 0.6) is 0 Å². The van der Waals surface area contributed by atoms with Crippen molar-refractivity contribution in [2.45, 2.75) is 18.9 Å². The number of hydrogen-bond donors (Lipinski definition) is 2. The van der Waals surface area contributed by atoms with Crippen LogP contribution in [-0.2, 0) is 0 Å². The smallest absolute Gasteiger partial charge is 0.329 e. The molecule has 3 N–H and O–H groups in total. The lowest BCUT2D eigenvalue weighted by atomic mass is 10.2. The minimum absolute atomic E-state index is 0.101. The number of thioether (sulfide) groups is 1. The summed E-state index contributed by atoms with van der Waals surface area (Å²) in [4.78, 5) is 17.8. The minimum atomic E-state index is -0.588. The number of nitrogens with one attached hydrogen (secondary N) is 1. The van der Waals surface area contributed by atoms with Crippen LogP contribution < -0.4 is 11.1 Å². The van der Waals surface area contributed by atoms with E-state index in [1.165, 1.54) is 5.75 Å². The van der Waals surface area contributed by atoms with E-state index in [4.69, 9.17) is 5.73 Å². The van der Waals surface area contributed by atoms with E-state index in [0.717, 1.165) is 24.8 Å². The van der Waals surface area contributed by atoms with Crippen LogP contribution in [0.3, 0.4) is 0 Å². The Morgan fingerprint density at radius 1 is 1.65 bits per heavy atom. The molecule has 1 saturated heterocycles. The van der Waals surface area contributed by atoms with Gasteiger partial charge in [0.1, 0.15) is 6.20 Å². The topological polar surface area (TPSA) is 107 Å². The first-order valence-electron chi connectivity index (χ1n) is 5.28. The van der Waals surface area contributed by atoms with Crippen LogP contribution in [0.2, 0.25) is 0 Å². The number of anilines is 2. The Morgan fingerprint density at radius 3 is 3.06 bits per heavy atom. The molecule has 2 rings (SSSR count). The molecule has 0 saturated carbocycles. The monoisotopic (exact) mass is 255 g/mol. The molecule has 0 aromatic carbocycles. The number of nitro groups is 1. The van der Waals surface area contributed by atoms with Gasteiger partial charge in [-0.05, 0) is 18.6 Å². The molecule has 2 heterocycles. The third-order valence-electron chi connectivity index (χ3n) is 2.49. The third-order valence-corrected chi connectivity index (χ3v) is 3.70. The van der Waals surface area contributed by atoms with E-state index in [9.17, 15) is 10.1 Å². The molecular weight excluding hydrogens is 242 g/mol. The average Bonchev–Trinajstić information content (AvgIpc) is 2.30. The molecule has 1 aromatic heterocycles. The minimum Gasteiger partial charge on any atom is -0.378 e. The normalized spacial score (nSPS) is 19.9. The summed E-state index contributed by atoms with van der Waals surface area (Å²) in [5.41, 5.74) is 5.23. The zero-order valence-electron chi connectivity index (χ0n) is 9.13. The van der Waals surface area contributed by atoms with Crippen molar-refractivity contribution in [3.05, 3.63) is 16.3 Å². The molecule has 1 aliphatic rings. The number of nitrogen functional groups attached to an aromatic ring is 1. The van der Waals surface area contributed by atoms with E-state index >= 15 is 0 Å². The van der Waals surface area contributed by atoms with Gasteiger partial charge < -0.3 is 11.1 Å². The van der Waals surface area contributed by atoms with E-state index in [-0.39, 0.29) is 11.5 Å². The predicted molar refractivity (Wildman–Crippen MR) is 67.1 cm³/mol. The Morgan fingerprint density at radius 2 is 2.47 bits per heavy atom. The molecule has 0 amide bonds. The van der Waals surface area contributed by atoms with E-state index in [1.54, 1.807) is 0 Å². The molecule has 92 valence electrons. The van der Waals surface area contributed by atoms with Gasteiger partial charge in [-0.25, -0.2) is 4.98 Å². The number of nitrogens with zero attached hydrogens (tertiary/aromatic N) is 3. The van der Waals surface area contributed by atoms with Gasteiger partial charge in [-0.15, -0.1) is 0 Å². The first kappa shape index (κ1) is 11.9. The third kappa shape index (κ3) is 2.96. The largest absolute Gasteiger partial charge is 0.378 e. The summed E-state index contributed by atoms with van der Waals surface area (Å²) in [6, 6.07) is 0.314. The molecule has 1 aliphatic heterocycles. The zero-order chi connectivity index (χ0) is 12.3. The van der Waals surface area contributed by atoms with Crippen molar-refractivity contribution in [1.82, 2.24) is 9.97 Å². The molecule has 0 unspecified atom stereocenters. The lowest BCUT2D eigenvalue weighted by molar-refractivity contribution is -0.384. The van der Waals surface area contributed by atoms with E-state index < -0.39 is 4.92 Å². The Bertz CT molecular complexity index is 422. The number of rotatable bonds is 3. The summed E-state index contributed by atoms with van der Waals surface area (Å²) in [7, 11) is 0. The number of aromatic nitrogens is 2. The summed E-state index contributed by atoms with van der Waals surface area (Å²) in [5.74, 6) is 2.44. The van der Waals surface area contributed by atoms with Crippen LogP contribution in [0.1, 0.15) is 12.8 Å². The second-order valence-corrected chi connectivity index (χ2v) is 4.93. The van der Waals surface area contributed by atoms with Gasteiger partial charge in [-0.1, -0.05) is 0 Å². The number of hydrogen-bond acceptors (Lipinski definition) is 7. The van der Waals surface area contributed by atoms with Crippen LogP contribution in [-0.4, -0.2) is 32.4 Å². The Balaban J connectivity index is 2.06. The van der Waals surface area contributed by atoms with E-state index in [1.807, 2.05) is 11.8 Å². The van der Waals surface area contributed by atoms with Gasteiger partial charge in [0.15, 0.2) is 0 Å². The molecular formula is C9H13N5O2S. The summed E-state index contributed by atoms with van der Waals surface area (Å²) < 4.78 is 0. The van der Waals surface area contributed by atoms with Gasteiger partial charge >= 0.3 is 5.69 Å². The van der Waals surface area contributed by atoms with E-state index in [2.05, 4.69) is 15.3 Å². The molecule has 1 aromatic rings. The highest BCUT2D eigenvalue weighted by atomic mass is 32.2. The van der Waals surface area contributed by atoms with Crippen molar-refractivity contribution in [3.8, 4) is 0 Å². The Kier molecular flexibility index (Phi) is 3.62. The maximum atomic E-state index is 10.5. The number of nitrogens with two attached hydrogens (primary N) is 1. The van der Waals surface area contributed by atoms with Crippen molar-refractivity contribution in [1.29, 1.82) is 0 Å². The highest BCUT2D eigenvalue weighted by Gasteiger charge is 2.17. The fourth-order valence-electron chi connectivity index (χ4n) is 1.64. The van der Waals surface area contributed by atoms with Crippen molar-refractivity contribution < 1.29 is 4.92 Å². The summed E-state index contributed by atoms with van der Waals surface area (Å²) in [6.45, 7) is 0. The molecule has 8 heteroatoms. The molecule has 1 fully saturated rings. The molecule has 17 heavy (non-hydrogen) atoms. The molecule has 7 nitrogen and oxygen atoms in total. The summed E-state index contributed by atoms with van der Waals surface area (Å²) in [6.07, 6.45) is 3.36. The molecule has 0 bridgehead atoms. The molecule has 0 spiro atoms. The predicted octanol–water partition coefficient (Wildman–Crippen LogP) is 1.27. The van der Waals surface area contributed by atoms with Crippen molar-refractivity contribution in [2.24, 2.45) is 0 Å². The van der Waals surface area contributed by atoms with Gasteiger partial charge in [0.2, 0.25) is 11.8 Å². The highest BCUT2D eigenvalue weighted by molar-refractivity contribution is 7.99. The van der Waals surface area contributed by atoms with Crippen molar-refractivity contribution in [3.63, 3.8) is 0 Å². The first-order valence-corrected chi connectivity index (χ1v) is 6.43. The van der Waals surface area contributed by atoms with Crippen LogP contribution in [0.15, 0.2) is 6.20 Å². The van der Waals surface area contributed by atoms with Crippen LogP contribution in [0.25, 0.3) is 0 Å². The molecule has 0 aliphatic carbocycles. The van der Waals surface area contributed by atoms with Gasteiger partial charge in [-0.2, -0.15) is 16.7 Å². The average molecular weight is 255 g/mol. The van der Waals surface area contributed by atoms with Crippen LogP contribution in [0, 0.1) is 10.1 Å². The van der Waals surface area contributed by atoms with Crippen molar-refractivity contribution in [2.75, 3.05) is 22.6 Å². The zero-order valence-corrected chi connectivity index (χ0v) is 9.94. The summed E-state index contributed by atoms with van der Waals surface area (Å²) >= 11 is 1.88. The fourth-order valence-corrected chi connectivity index (χ4v) is 2.71. The lowest BCUT2D eigenvalue weighted by Crippen LogP contribution is -2.26. The van der Waals surface area contributed by atoms with Gasteiger partial charge in [-0.3, -0.25) is 10.1 Å². The second kappa shape index (κ2) is 5.17. The van der Waals surface area contributed by atoms with Gasteiger partial charge in [0, 0.05) is 11.8 Å². The SMILES string of the molecule is Nc1nc(N[C@@H]2CCCSC2)ncc1[N+](=O)[O-]. The standard InChI is InChI=1S/C9H13N5O2S/c10-8-7(14(15)16)4-11-9(13-8)12-6-2-1-3-17-5-6/h4,6H,1-3,5H2,(H3,10,11,12,13)/t6-/m1/s1. The summed E-state index contributed by atoms with van der Waals surface area (Å²) in [5, 5.41) is 13.7. The van der Waals surface area contributed by atoms with Gasteiger partial charge in [0.05, 0.1) is 4.92 Å². The maximum absolute atomic E-state index is 10.5. The molecule has 0 radical (unpaired) electrons. The van der Waals surface area contributed by atoms with E-state index in [0.29, 0.717) is 12.0 Å². The van der Waals surface area contributed by atoms with Gasteiger partial charge in [0.25, 0.3) is 0 Å². The maximum Gasteiger partial charge on any atom is 0.329 e. The highest BCUT2D eigenvalue weighted by Crippen LogP contribution is 2.22. The first-order chi connectivity index (χ1) is 8.16. The van der Waals surface area contributed by atoms with Crippen LogP contribution in [0.4, 0.5) is 17.5 Å². The lowest BCUT2D eigenvalue weighted by Gasteiger charge is -2.22. The Labute approximate surface area is 102 Å². The van der Waals surface area contributed by atoms with Crippen LogP contribution >= 0.6 is 11.8 Å². The Hall–Kier alpha value is -1.57. The quantitative estimate of drug-likeness (QED) is 0.618. The fraction of sp³-hybridized carbons (Fsp3) is 0.556. The van der Waals surface area contributed by atoms with Crippen molar-refractivity contribution >= 4 is 29.2 Å². The second-order valence-electron chi connectivity index (χ2n) is 3.78. The molecule has 1 atom stereocenters.